The minimum Gasteiger partial charge on any atom is -0.384 e. The highest BCUT2D eigenvalue weighted by Gasteiger charge is 2.11. The van der Waals surface area contributed by atoms with Crippen LogP contribution in [0.3, 0.4) is 0 Å². The Labute approximate surface area is 194 Å². The Morgan fingerprint density at radius 2 is 1.85 bits per heavy atom. The van der Waals surface area contributed by atoms with Crippen molar-refractivity contribution in [2.75, 3.05) is 17.6 Å². The van der Waals surface area contributed by atoms with E-state index in [0.717, 1.165) is 23.4 Å². The van der Waals surface area contributed by atoms with E-state index in [1.165, 1.54) is 5.56 Å². The van der Waals surface area contributed by atoms with Crippen LogP contribution < -0.4 is 27.7 Å². The Morgan fingerprint density at radius 3 is 2.52 bits per heavy atom. The van der Waals surface area contributed by atoms with Gasteiger partial charge >= 0.3 is 0 Å². The molecule has 0 aliphatic heterocycles. The van der Waals surface area contributed by atoms with Crippen LogP contribution in [0.1, 0.15) is 29.4 Å². The first-order valence-electron chi connectivity index (χ1n) is 10.8. The molecular weight excluding hydrogens is 418 g/mol. The molecule has 1 aromatic carbocycles. The minimum atomic E-state index is -0.0953. The molecule has 0 aliphatic carbocycles. The number of aromatic nitrogens is 3. The smallest absolute Gasteiger partial charge is 0.293 e. The number of hydrogen-bond donors (Lipinski definition) is 4. The maximum atomic E-state index is 12.9. The summed E-state index contributed by atoms with van der Waals surface area (Å²) in [5.74, 6) is 0.916. The third kappa shape index (κ3) is 8.04. The fourth-order valence-corrected chi connectivity index (χ4v) is 3.41. The number of carbonyl (C=O) groups is 1. The number of benzene rings is 1. The van der Waals surface area contributed by atoms with Crippen LogP contribution in [0.4, 0.5) is 11.6 Å². The van der Waals surface area contributed by atoms with E-state index in [1.54, 1.807) is 16.8 Å². The largest absolute Gasteiger partial charge is 0.384 e. The van der Waals surface area contributed by atoms with Crippen LogP contribution >= 0.6 is 0 Å². The first kappa shape index (κ1) is 25.5. The van der Waals surface area contributed by atoms with Gasteiger partial charge in [-0.1, -0.05) is 36.4 Å². The van der Waals surface area contributed by atoms with E-state index in [0.29, 0.717) is 31.3 Å². The number of hydrogen-bond acceptors (Lipinski definition) is 7. The SMILES string of the molecule is Cc1nc(N)ccc1CNCCn1c(C)cnc(NC(C)Cc2ccccc2)c1=O.NC=O. The molecule has 6 N–H and O–H groups in total. The average Bonchev–Trinajstić information content (AvgIpc) is 2.77. The van der Waals surface area contributed by atoms with Crippen LogP contribution in [0.2, 0.25) is 0 Å². The van der Waals surface area contributed by atoms with Gasteiger partial charge in [0.1, 0.15) is 5.82 Å². The van der Waals surface area contributed by atoms with E-state index in [4.69, 9.17) is 10.5 Å². The summed E-state index contributed by atoms with van der Waals surface area (Å²) in [5, 5.41) is 6.65. The predicted octanol–water partition coefficient (Wildman–Crippen LogP) is 1.77. The number of nitrogens with one attached hydrogen (secondary N) is 2. The van der Waals surface area contributed by atoms with Gasteiger partial charge in [0, 0.05) is 43.3 Å². The van der Waals surface area contributed by atoms with Crippen molar-refractivity contribution in [3.8, 4) is 0 Å². The number of aryl methyl sites for hydroxylation is 2. The molecule has 0 saturated heterocycles. The highest BCUT2D eigenvalue weighted by atomic mass is 16.1. The standard InChI is InChI=1S/C23H30N6O.CH3NO/c1-16(13-19-7-5-4-6-8-19)27-22-23(30)29(17(2)14-26-22)12-11-25-15-20-9-10-21(24)28-18(20)3;2-1-3/h4-10,14,16,25H,11-13,15H2,1-3H3,(H2,24,28)(H,26,27);1H,(H2,2,3). The van der Waals surface area contributed by atoms with Crippen LogP contribution in [0.25, 0.3) is 0 Å². The maximum absolute atomic E-state index is 12.9. The van der Waals surface area contributed by atoms with Gasteiger partial charge in [-0.15, -0.1) is 0 Å². The molecule has 176 valence electrons. The number of nitrogens with two attached hydrogens (primary N) is 2. The summed E-state index contributed by atoms with van der Waals surface area (Å²) in [6, 6.07) is 14.1. The van der Waals surface area contributed by atoms with Crippen molar-refractivity contribution in [1.82, 2.24) is 19.9 Å². The van der Waals surface area contributed by atoms with Gasteiger partial charge in [0.2, 0.25) is 6.41 Å². The Morgan fingerprint density at radius 1 is 1.15 bits per heavy atom. The zero-order chi connectivity index (χ0) is 24.2. The summed E-state index contributed by atoms with van der Waals surface area (Å²) in [6.07, 6.45) is 2.82. The van der Waals surface area contributed by atoms with Crippen LogP contribution in [0, 0.1) is 13.8 Å². The molecule has 33 heavy (non-hydrogen) atoms. The molecule has 3 aromatic rings. The number of rotatable bonds is 9. The van der Waals surface area contributed by atoms with Gasteiger partial charge in [-0.2, -0.15) is 0 Å². The third-order valence-electron chi connectivity index (χ3n) is 5.07. The molecule has 2 aromatic heterocycles. The maximum Gasteiger partial charge on any atom is 0.293 e. The van der Waals surface area contributed by atoms with Crippen molar-refractivity contribution in [2.24, 2.45) is 5.73 Å². The van der Waals surface area contributed by atoms with Crippen molar-refractivity contribution in [3.63, 3.8) is 0 Å². The lowest BCUT2D eigenvalue weighted by Gasteiger charge is -2.17. The fourth-order valence-electron chi connectivity index (χ4n) is 3.41. The molecule has 9 heteroatoms. The number of pyridine rings is 1. The first-order chi connectivity index (χ1) is 15.8. The Bertz CT molecular complexity index is 1080. The second-order valence-corrected chi connectivity index (χ2v) is 7.73. The minimum absolute atomic E-state index is 0.0953. The molecule has 0 fully saturated rings. The van der Waals surface area contributed by atoms with Crippen LogP contribution in [0.5, 0.6) is 0 Å². The van der Waals surface area contributed by atoms with Gasteiger partial charge < -0.3 is 26.7 Å². The van der Waals surface area contributed by atoms with Gasteiger partial charge in [0.25, 0.3) is 5.56 Å². The molecule has 2 heterocycles. The van der Waals surface area contributed by atoms with E-state index in [-0.39, 0.29) is 18.0 Å². The van der Waals surface area contributed by atoms with Crippen LogP contribution in [-0.2, 0) is 24.3 Å². The van der Waals surface area contributed by atoms with Crippen LogP contribution in [-0.4, -0.2) is 33.5 Å². The molecule has 9 nitrogen and oxygen atoms in total. The molecular formula is C24H33N7O2. The van der Waals surface area contributed by atoms with Gasteiger partial charge in [-0.05, 0) is 44.4 Å². The zero-order valence-corrected chi connectivity index (χ0v) is 19.4. The van der Waals surface area contributed by atoms with Crippen molar-refractivity contribution >= 4 is 18.0 Å². The average molecular weight is 452 g/mol. The monoisotopic (exact) mass is 451 g/mol. The summed E-state index contributed by atoms with van der Waals surface area (Å²) >= 11 is 0. The number of amides is 1. The summed E-state index contributed by atoms with van der Waals surface area (Å²) in [5.41, 5.74) is 13.9. The third-order valence-corrected chi connectivity index (χ3v) is 5.07. The lowest BCUT2D eigenvalue weighted by atomic mass is 10.1. The van der Waals surface area contributed by atoms with Gasteiger partial charge in [0.15, 0.2) is 5.82 Å². The lowest BCUT2D eigenvalue weighted by Crippen LogP contribution is -2.33. The normalized spacial score (nSPS) is 11.2. The van der Waals surface area contributed by atoms with E-state index < -0.39 is 0 Å². The number of nitrogen functional groups attached to an aromatic ring is 1. The second kappa shape index (κ2) is 13.0. The summed E-state index contributed by atoms with van der Waals surface area (Å²) in [7, 11) is 0. The van der Waals surface area contributed by atoms with Gasteiger partial charge in [0.05, 0.1) is 0 Å². The highest BCUT2D eigenvalue weighted by molar-refractivity contribution is 5.42. The number of anilines is 2. The molecule has 0 radical (unpaired) electrons. The second-order valence-electron chi connectivity index (χ2n) is 7.73. The van der Waals surface area contributed by atoms with E-state index in [2.05, 4.69) is 45.4 Å². The van der Waals surface area contributed by atoms with Gasteiger partial charge in [-0.25, -0.2) is 9.97 Å². The topological polar surface area (TPSA) is 141 Å². The molecule has 3 rings (SSSR count). The van der Waals surface area contributed by atoms with Gasteiger partial charge in [-0.3, -0.25) is 9.59 Å². The van der Waals surface area contributed by atoms with Crippen molar-refractivity contribution in [2.45, 2.75) is 46.3 Å². The molecule has 1 amide bonds. The summed E-state index contributed by atoms with van der Waals surface area (Å²) in [4.78, 5) is 30.1. The van der Waals surface area contributed by atoms with Crippen LogP contribution in [0.15, 0.2) is 53.5 Å². The van der Waals surface area contributed by atoms with Crippen molar-refractivity contribution in [1.29, 1.82) is 0 Å². The van der Waals surface area contributed by atoms with E-state index in [1.807, 2.05) is 38.1 Å². The molecule has 0 saturated carbocycles. The number of primary amides is 1. The summed E-state index contributed by atoms with van der Waals surface area (Å²) in [6.45, 7) is 7.81. The van der Waals surface area contributed by atoms with E-state index in [9.17, 15) is 4.79 Å². The Balaban J connectivity index is 0.00000122. The van der Waals surface area contributed by atoms with E-state index >= 15 is 0 Å². The lowest BCUT2D eigenvalue weighted by molar-refractivity contribution is -0.106. The highest BCUT2D eigenvalue weighted by Crippen LogP contribution is 2.08. The Hall–Kier alpha value is -3.72. The molecule has 0 spiro atoms. The predicted molar refractivity (Wildman–Crippen MR) is 132 cm³/mol. The Kier molecular flexibility index (Phi) is 10.0. The number of nitrogens with zero attached hydrogens (tertiary/aromatic N) is 3. The summed E-state index contributed by atoms with van der Waals surface area (Å²) < 4.78 is 1.76. The van der Waals surface area contributed by atoms with Crippen molar-refractivity contribution in [3.05, 3.63) is 81.5 Å². The van der Waals surface area contributed by atoms with Crippen molar-refractivity contribution < 1.29 is 4.79 Å². The molecule has 1 atom stereocenters. The molecule has 1 unspecified atom stereocenters. The fraction of sp³-hybridized carbons (Fsp3) is 0.333. The quantitative estimate of drug-likeness (QED) is 0.287. The first-order valence-corrected chi connectivity index (χ1v) is 10.8. The molecule has 0 aliphatic rings. The zero-order valence-electron chi connectivity index (χ0n) is 19.4. The molecule has 0 bridgehead atoms. The number of carbonyl (C=O) groups excluding carboxylic acids is 1.